The lowest BCUT2D eigenvalue weighted by molar-refractivity contribution is -0.329. The molecule has 288 valence electrons. The SMILES string of the molecule is CO/C1=C/C(C)=C\[C@@H](C)[C@@H](O)[C@@H](C)C/C(C)=C/C=C/[C@H](OC)[C@H]([C@@H](C)[C@@H](O)[C@H](C)[C@@]2(O)C[C@@H](OC(=O)/C=C/C(N)=O)[C@H](C)[C@@H](C(C)C)O2)OC1=O. The summed E-state index contributed by atoms with van der Waals surface area (Å²) in [6, 6.07) is 0. The van der Waals surface area contributed by atoms with Crippen LogP contribution in [0.4, 0.5) is 0 Å². The summed E-state index contributed by atoms with van der Waals surface area (Å²) in [4.78, 5) is 37.4. The zero-order chi connectivity index (χ0) is 38.8. The van der Waals surface area contributed by atoms with Crippen molar-refractivity contribution in [1.29, 1.82) is 0 Å². The second kappa shape index (κ2) is 19.5. The van der Waals surface area contributed by atoms with Crippen molar-refractivity contribution < 1.29 is 53.4 Å². The fraction of sp³-hybridized carbons (Fsp3) is 0.667. The van der Waals surface area contributed by atoms with Crippen LogP contribution >= 0.6 is 0 Å². The lowest BCUT2D eigenvalue weighted by Gasteiger charge is -2.50. The van der Waals surface area contributed by atoms with E-state index in [-0.39, 0.29) is 35.9 Å². The first-order valence-electron chi connectivity index (χ1n) is 17.7. The predicted molar refractivity (Wildman–Crippen MR) is 192 cm³/mol. The van der Waals surface area contributed by atoms with E-state index in [1.54, 1.807) is 32.9 Å². The number of carbonyl (C=O) groups excluding carboxylic acids is 3. The number of hydrogen-bond donors (Lipinski definition) is 4. The number of aliphatic hydroxyl groups is 3. The van der Waals surface area contributed by atoms with Crippen molar-refractivity contribution in [1.82, 2.24) is 0 Å². The van der Waals surface area contributed by atoms with Gasteiger partial charge in [0.05, 0.1) is 25.4 Å². The van der Waals surface area contributed by atoms with Gasteiger partial charge in [0.15, 0.2) is 5.79 Å². The summed E-state index contributed by atoms with van der Waals surface area (Å²) in [6.07, 6.45) is 5.90. The van der Waals surface area contributed by atoms with Gasteiger partial charge in [-0.2, -0.15) is 0 Å². The molecule has 1 fully saturated rings. The Kier molecular flexibility index (Phi) is 16.8. The second-order valence-corrected chi connectivity index (χ2v) is 14.7. The number of nitrogens with two attached hydrogens (primary N) is 1. The largest absolute Gasteiger partial charge is 0.490 e. The summed E-state index contributed by atoms with van der Waals surface area (Å²) in [6.45, 7) is 16.6. The number of primary amides is 1. The Balaban J connectivity index is 2.55. The van der Waals surface area contributed by atoms with Crippen molar-refractivity contribution in [2.75, 3.05) is 14.2 Å². The summed E-state index contributed by atoms with van der Waals surface area (Å²) >= 11 is 0. The molecule has 12 nitrogen and oxygen atoms in total. The number of cyclic esters (lactones) is 1. The summed E-state index contributed by atoms with van der Waals surface area (Å²) in [7, 11) is 2.82. The van der Waals surface area contributed by atoms with Crippen LogP contribution in [-0.2, 0) is 38.1 Å². The first kappa shape index (κ1) is 43.9. The number of esters is 2. The molecular weight excluding hydrogens is 658 g/mol. The molecular formula is C39H61NO11. The molecule has 0 aromatic carbocycles. The van der Waals surface area contributed by atoms with Gasteiger partial charge in [-0.1, -0.05) is 83.9 Å². The molecule has 0 unspecified atom stereocenters. The van der Waals surface area contributed by atoms with E-state index < -0.39 is 72.1 Å². The smallest absolute Gasteiger partial charge is 0.373 e. The monoisotopic (exact) mass is 719 g/mol. The highest BCUT2D eigenvalue weighted by molar-refractivity contribution is 5.93. The van der Waals surface area contributed by atoms with Crippen LogP contribution in [0.25, 0.3) is 0 Å². The number of allylic oxidation sites excluding steroid dienone is 5. The van der Waals surface area contributed by atoms with Crippen molar-refractivity contribution >= 4 is 17.8 Å². The van der Waals surface area contributed by atoms with Crippen LogP contribution in [0.15, 0.2) is 59.4 Å². The highest BCUT2D eigenvalue weighted by atomic mass is 16.6. The van der Waals surface area contributed by atoms with E-state index in [0.717, 1.165) is 17.7 Å². The Morgan fingerprint density at radius 3 is 2.29 bits per heavy atom. The van der Waals surface area contributed by atoms with Crippen molar-refractivity contribution in [3.63, 3.8) is 0 Å². The second-order valence-electron chi connectivity index (χ2n) is 14.7. The van der Waals surface area contributed by atoms with Crippen LogP contribution < -0.4 is 5.73 Å². The minimum Gasteiger partial charge on any atom is -0.490 e. The van der Waals surface area contributed by atoms with E-state index in [4.69, 9.17) is 29.4 Å². The lowest BCUT2D eigenvalue weighted by atomic mass is 9.76. The molecule has 2 rings (SSSR count). The van der Waals surface area contributed by atoms with Gasteiger partial charge in [-0.15, -0.1) is 0 Å². The minimum atomic E-state index is -1.97. The molecule has 12 atom stereocenters. The molecule has 12 heteroatoms. The number of amides is 1. The Morgan fingerprint density at radius 2 is 1.73 bits per heavy atom. The maximum Gasteiger partial charge on any atom is 0.373 e. The Hall–Kier alpha value is -3.29. The average Bonchev–Trinajstić information content (AvgIpc) is 3.06. The molecule has 1 saturated heterocycles. The minimum absolute atomic E-state index is 0.0408. The fourth-order valence-electron chi connectivity index (χ4n) is 7.01. The molecule has 0 aromatic heterocycles. The average molecular weight is 720 g/mol. The van der Waals surface area contributed by atoms with Gasteiger partial charge in [0.2, 0.25) is 11.7 Å². The molecule has 0 radical (unpaired) electrons. The predicted octanol–water partition coefficient (Wildman–Crippen LogP) is 4.29. The molecule has 2 heterocycles. The van der Waals surface area contributed by atoms with Crippen LogP contribution in [0.2, 0.25) is 0 Å². The molecule has 0 saturated carbocycles. The van der Waals surface area contributed by atoms with Crippen LogP contribution in [0, 0.1) is 35.5 Å². The van der Waals surface area contributed by atoms with E-state index >= 15 is 0 Å². The number of rotatable bonds is 10. The van der Waals surface area contributed by atoms with Crippen LogP contribution in [0.3, 0.4) is 0 Å². The number of ether oxygens (including phenoxy) is 5. The topological polar surface area (TPSA) is 184 Å². The third-order valence-electron chi connectivity index (χ3n) is 10.1. The van der Waals surface area contributed by atoms with Gasteiger partial charge in [0, 0.05) is 49.4 Å². The molecule has 0 bridgehead atoms. The van der Waals surface area contributed by atoms with E-state index in [2.05, 4.69) is 0 Å². The van der Waals surface area contributed by atoms with E-state index in [1.165, 1.54) is 20.3 Å². The molecule has 5 N–H and O–H groups in total. The Bertz CT molecular complexity index is 1350. The summed E-state index contributed by atoms with van der Waals surface area (Å²) < 4.78 is 29.2. The van der Waals surface area contributed by atoms with Crippen LogP contribution in [0.5, 0.6) is 0 Å². The molecule has 0 aromatic rings. The molecule has 0 aliphatic carbocycles. The number of hydrogen-bond acceptors (Lipinski definition) is 11. The third kappa shape index (κ3) is 12.1. The normalized spacial score (nSPS) is 37.1. The maximum atomic E-state index is 13.6. The van der Waals surface area contributed by atoms with E-state index in [9.17, 15) is 29.7 Å². The van der Waals surface area contributed by atoms with E-state index in [0.29, 0.717) is 12.0 Å². The summed E-state index contributed by atoms with van der Waals surface area (Å²) in [5.41, 5.74) is 6.84. The summed E-state index contributed by atoms with van der Waals surface area (Å²) in [5, 5.41) is 34.9. The van der Waals surface area contributed by atoms with Crippen molar-refractivity contribution in [3.05, 3.63) is 59.4 Å². The molecule has 0 spiro atoms. The van der Waals surface area contributed by atoms with Crippen LogP contribution in [0.1, 0.15) is 75.2 Å². The number of methoxy groups -OCH3 is 2. The highest BCUT2D eigenvalue weighted by Crippen LogP contribution is 2.42. The Morgan fingerprint density at radius 1 is 1.08 bits per heavy atom. The zero-order valence-corrected chi connectivity index (χ0v) is 32.1. The standard InChI is InChI=1S/C39H61NO11/c1-21(2)36-26(7)31(49-33(42)16-15-32(40)41)20-39(46,51-36)28(9)35(44)27(8)37-29(47-10)14-12-13-22(3)17-24(5)34(43)25(6)18-23(4)19-30(48-11)38(45)50-37/h12-16,18-19,21,24-29,31,34-37,43-44,46H,17,20H2,1-11H3,(H2,40,41)/b14-12+,16-15+,22-13+,23-18-,30-19+/t24-,25+,26-,27-,28-,29-,31+,34-,35+,36+,37-,39+/m0/s1. The number of aliphatic hydroxyl groups excluding tert-OH is 2. The number of carbonyl (C=O) groups is 3. The quantitative estimate of drug-likeness (QED) is 0.187. The fourth-order valence-corrected chi connectivity index (χ4v) is 7.01. The van der Waals surface area contributed by atoms with E-state index in [1.807, 2.05) is 53.7 Å². The lowest BCUT2D eigenvalue weighted by Crippen LogP contribution is -2.59. The summed E-state index contributed by atoms with van der Waals surface area (Å²) in [5.74, 6) is -6.96. The van der Waals surface area contributed by atoms with Gasteiger partial charge in [-0.25, -0.2) is 9.59 Å². The highest BCUT2D eigenvalue weighted by Gasteiger charge is 2.53. The zero-order valence-electron chi connectivity index (χ0n) is 32.1. The van der Waals surface area contributed by atoms with Gasteiger partial charge in [0.25, 0.3) is 0 Å². The van der Waals surface area contributed by atoms with Gasteiger partial charge in [-0.3, -0.25) is 4.79 Å². The van der Waals surface area contributed by atoms with Crippen LogP contribution in [-0.4, -0.2) is 89.8 Å². The Labute approximate surface area is 303 Å². The van der Waals surface area contributed by atoms with Crippen molar-refractivity contribution in [2.24, 2.45) is 41.2 Å². The van der Waals surface area contributed by atoms with Gasteiger partial charge in [0.1, 0.15) is 18.3 Å². The molecule has 1 amide bonds. The third-order valence-corrected chi connectivity index (χ3v) is 10.1. The van der Waals surface area contributed by atoms with Gasteiger partial charge >= 0.3 is 11.9 Å². The van der Waals surface area contributed by atoms with Crippen molar-refractivity contribution in [2.45, 2.75) is 118 Å². The molecule has 51 heavy (non-hydrogen) atoms. The van der Waals surface area contributed by atoms with Gasteiger partial charge in [-0.05, 0) is 38.2 Å². The van der Waals surface area contributed by atoms with Crippen molar-refractivity contribution in [3.8, 4) is 0 Å². The molecule has 2 aliphatic heterocycles. The first-order valence-corrected chi connectivity index (χ1v) is 17.7. The molecule has 2 aliphatic rings. The maximum absolute atomic E-state index is 13.6. The van der Waals surface area contributed by atoms with Gasteiger partial charge < -0.3 is 44.7 Å². The first-order chi connectivity index (χ1) is 23.8.